The van der Waals surface area contributed by atoms with Crippen molar-refractivity contribution in [2.45, 2.75) is 25.7 Å². The largest absolute Gasteiger partial charge is 0.454 e. The van der Waals surface area contributed by atoms with Crippen molar-refractivity contribution < 1.29 is 14.3 Å². The number of hydrogen-bond donors (Lipinski definition) is 0. The summed E-state index contributed by atoms with van der Waals surface area (Å²) in [5.74, 6) is 2.40. The van der Waals surface area contributed by atoms with E-state index in [1.807, 2.05) is 17.9 Å². The predicted octanol–water partition coefficient (Wildman–Crippen LogP) is 2.53. The summed E-state index contributed by atoms with van der Waals surface area (Å²) in [6.45, 7) is 3.56. The number of hydrogen-bond acceptors (Lipinski definition) is 5. The molecule has 1 aromatic carbocycles. The molecule has 1 aromatic heterocycles. The van der Waals surface area contributed by atoms with Crippen molar-refractivity contribution >= 4 is 5.91 Å². The maximum atomic E-state index is 12.8. The molecule has 6 heteroatoms. The minimum Gasteiger partial charge on any atom is -0.454 e. The Labute approximate surface area is 140 Å². The van der Waals surface area contributed by atoms with E-state index in [0.717, 1.165) is 30.9 Å². The lowest BCUT2D eigenvalue weighted by atomic mass is 9.94. The van der Waals surface area contributed by atoms with Crippen LogP contribution in [-0.4, -0.2) is 40.7 Å². The molecule has 4 rings (SSSR count). The van der Waals surface area contributed by atoms with E-state index in [0.29, 0.717) is 23.6 Å². The second kappa shape index (κ2) is 6.11. The molecular formula is C18H19N3O3. The lowest BCUT2D eigenvalue weighted by Gasteiger charge is -2.32. The Morgan fingerprint density at radius 1 is 1.25 bits per heavy atom. The van der Waals surface area contributed by atoms with Crippen LogP contribution in [0.15, 0.2) is 30.5 Å². The van der Waals surface area contributed by atoms with Gasteiger partial charge in [-0.25, -0.2) is 9.97 Å². The first-order valence-electron chi connectivity index (χ1n) is 8.19. The monoisotopic (exact) mass is 325 g/mol. The number of aromatic nitrogens is 2. The number of ether oxygens (including phenoxy) is 2. The lowest BCUT2D eigenvalue weighted by molar-refractivity contribution is 0.0705. The van der Waals surface area contributed by atoms with Gasteiger partial charge in [0.1, 0.15) is 5.82 Å². The Kier molecular flexibility index (Phi) is 3.80. The molecule has 0 aliphatic carbocycles. The highest BCUT2D eigenvalue weighted by atomic mass is 16.7. The normalized spacial score (nSPS) is 19.4. The van der Waals surface area contributed by atoms with Crippen LogP contribution < -0.4 is 9.47 Å². The Morgan fingerprint density at radius 3 is 3.00 bits per heavy atom. The van der Waals surface area contributed by atoms with Gasteiger partial charge in [0.2, 0.25) is 6.79 Å². The van der Waals surface area contributed by atoms with Crippen molar-refractivity contribution in [1.29, 1.82) is 0 Å². The first-order chi connectivity index (χ1) is 11.7. The van der Waals surface area contributed by atoms with Crippen LogP contribution in [0.3, 0.4) is 0 Å². The maximum Gasteiger partial charge on any atom is 0.254 e. The Bertz CT molecular complexity index is 778. The number of carbonyl (C=O) groups excluding carboxylic acids is 1. The van der Waals surface area contributed by atoms with Gasteiger partial charge in [0.15, 0.2) is 11.5 Å². The first kappa shape index (κ1) is 14.9. The minimum atomic E-state index is 0.0313. The fourth-order valence-electron chi connectivity index (χ4n) is 3.32. The van der Waals surface area contributed by atoms with Crippen LogP contribution in [0, 0.1) is 6.92 Å². The summed E-state index contributed by atoms with van der Waals surface area (Å²) in [6, 6.07) is 7.31. The van der Waals surface area contributed by atoms with Crippen LogP contribution in [0.1, 0.15) is 40.6 Å². The van der Waals surface area contributed by atoms with E-state index in [4.69, 9.17) is 9.47 Å². The van der Waals surface area contributed by atoms with E-state index in [1.165, 1.54) is 0 Å². The summed E-state index contributed by atoms with van der Waals surface area (Å²) < 4.78 is 10.7. The van der Waals surface area contributed by atoms with Crippen molar-refractivity contribution in [3.63, 3.8) is 0 Å². The molecule has 1 unspecified atom stereocenters. The number of amides is 1. The zero-order valence-corrected chi connectivity index (χ0v) is 13.6. The number of benzene rings is 1. The number of fused-ring (bicyclic) bond motifs is 1. The second-order valence-electron chi connectivity index (χ2n) is 6.19. The molecule has 1 fully saturated rings. The number of aryl methyl sites for hydroxylation is 1. The summed E-state index contributed by atoms with van der Waals surface area (Å²) in [5.41, 5.74) is 1.66. The highest BCUT2D eigenvalue weighted by Crippen LogP contribution is 2.33. The molecule has 0 spiro atoms. The molecule has 24 heavy (non-hydrogen) atoms. The molecule has 2 aliphatic heterocycles. The number of rotatable bonds is 2. The molecule has 0 bridgehead atoms. The summed E-state index contributed by atoms with van der Waals surface area (Å²) in [4.78, 5) is 23.4. The second-order valence-corrected chi connectivity index (χ2v) is 6.19. The molecule has 0 N–H and O–H groups in total. The standard InChI is InChI=1S/C18H19N3O3/c1-12-19-7-6-15(20-12)14-3-2-8-21(10-14)18(22)13-4-5-16-17(9-13)24-11-23-16/h4-7,9,14H,2-3,8,10-11H2,1H3. The van der Waals surface area contributed by atoms with Crippen molar-refractivity contribution in [2.75, 3.05) is 19.9 Å². The summed E-state index contributed by atoms with van der Waals surface area (Å²) in [5, 5.41) is 0. The maximum absolute atomic E-state index is 12.8. The third-order valence-corrected chi connectivity index (χ3v) is 4.54. The predicted molar refractivity (Wildman–Crippen MR) is 87.2 cm³/mol. The van der Waals surface area contributed by atoms with E-state index in [-0.39, 0.29) is 18.6 Å². The Balaban J connectivity index is 1.52. The van der Waals surface area contributed by atoms with Gasteiger partial charge in [0.25, 0.3) is 5.91 Å². The topological polar surface area (TPSA) is 64.6 Å². The summed E-state index contributed by atoms with van der Waals surface area (Å²) >= 11 is 0. The average molecular weight is 325 g/mol. The fourth-order valence-corrected chi connectivity index (χ4v) is 3.32. The number of carbonyl (C=O) groups is 1. The van der Waals surface area contributed by atoms with Crippen LogP contribution in [0.5, 0.6) is 11.5 Å². The third kappa shape index (κ3) is 2.79. The van der Waals surface area contributed by atoms with Gasteiger partial charge in [-0.05, 0) is 44.0 Å². The van der Waals surface area contributed by atoms with Crippen molar-refractivity contribution in [2.24, 2.45) is 0 Å². The molecule has 1 saturated heterocycles. The number of nitrogens with zero attached hydrogens (tertiary/aromatic N) is 3. The summed E-state index contributed by atoms with van der Waals surface area (Å²) in [6.07, 6.45) is 3.81. The zero-order chi connectivity index (χ0) is 16.5. The van der Waals surface area contributed by atoms with Crippen LogP contribution in [0.4, 0.5) is 0 Å². The van der Waals surface area contributed by atoms with Gasteiger partial charge in [0.05, 0.1) is 0 Å². The first-order valence-corrected chi connectivity index (χ1v) is 8.19. The van der Waals surface area contributed by atoms with E-state index >= 15 is 0 Å². The molecular weight excluding hydrogens is 306 g/mol. The van der Waals surface area contributed by atoms with E-state index in [9.17, 15) is 4.79 Å². The zero-order valence-electron chi connectivity index (χ0n) is 13.6. The molecule has 2 aromatic rings. The smallest absolute Gasteiger partial charge is 0.254 e. The third-order valence-electron chi connectivity index (χ3n) is 4.54. The van der Waals surface area contributed by atoms with Crippen LogP contribution in [0.25, 0.3) is 0 Å². The molecule has 1 atom stereocenters. The van der Waals surface area contributed by atoms with Crippen molar-refractivity contribution in [1.82, 2.24) is 14.9 Å². The Morgan fingerprint density at radius 2 is 2.12 bits per heavy atom. The molecule has 1 amide bonds. The molecule has 124 valence electrons. The molecule has 0 radical (unpaired) electrons. The molecule has 6 nitrogen and oxygen atoms in total. The number of likely N-dealkylation sites (tertiary alicyclic amines) is 1. The minimum absolute atomic E-state index is 0.0313. The highest BCUT2D eigenvalue weighted by Gasteiger charge is 2.27. The van der Waals surface area contributed by atoms with Gasteiger partial charge >= 0.3 is 0 Å². The average Bonchev–Trinajstić information content (AvgIpc) is 3.09. The Hall–Kier alpha value is -2.63. The van der Waals surface area contributed by atoms with Crippen LogP contribution in [0.2, 0.25) is 0 Å². The highest BCUT2D eigenvalue weighted by molar-refractivity contribution is 5.95. The SMILES string of the molecule is Cc1nccc(C2CCCN(C(=O)c3ccc4c(c3)OCO4)C2)n1. The van der Waals surface area contributed by atoms with Crippen LogP contribution >= 0.6 is 0 Å². The van der Waals surface area contributed by atoms with Gasteiger partial charge in [-0.2, -0.15) is 0 Å². The van der Waals surface area contributed by atoms with Crippen molar-refractivity contribution in [3.05, 3.63) is 47.5 Å². The molecule has 0 saturated carbocycles. The quantitative estimate of drug-likeness (QED) is 0.849. The summed E-state index contributed by atoms with van der Waals surface area (Å²) in [7, 11) is 0. The molecule has 2 aliphatic rings. The van der Waals surface area contributed by atoms with Gasteiger partial charge < -0.3 is 14.4 Å². The van der Waals surface area contributed by atoms with Gasteiger partial charge in [-0.1, -0.05) is 0 Å². The van der Waals surface area contributed by atoms with Crippen LogP contribution in [-0.2, 0) is 0 Å². The molecule has 3 heterocycles. The lowest BCUT2D eigenvalue weighted by Crippen LogP contribution is -2.39. The van der Waals surface area contributed by atoms with E-state index < -0.39 is 0 Å². The van der Waals surface area contributed by atoms with E-state index in [1.54, 1.807) is 24.4 Å². The van der Waals surface area contributed by atoms with Gasteiger partial charge in [0, 0.05) is 36.5 Å². The van der Waals surface area contributed by atoms with Gasteiger partial charge in [-0.15, -0.1) is 0 Å². The van der Waals surface area contributed by atoms with E-state index in [2.05, 4.69) is 9.97 Å². The van der Waals surface area contributed by atoms with Gasteiger partial charge in [-0.3, -0.25) is 4.79 Å². The number of piperidine rings is 1. The van der Waals surface area contributed by atoms with Crippen molar-refractivity contribution in [3.8, 4) is 11.5 Å². The fraction of sp³-hybridized carbons (Fsp3) is 0.389.